The van der Waals surface area contributed by atoms with E-state index in [2.05, 4.69) is 48.6 Å². The fraction of sp³-hybridized carbons (Fsp3) is 0.500. The molecule has 100 valence electrons. The summed E-state index contributed by atoms with van der Waals surface area (Å²) in [6, 6.07) is 6.37. The Balaban J connectivity index is 2.84. The van der Waals surface area contributed by atoms with Gasteiger partial charge in [0.1, 0.15) is 0 Å². The van der Waals surface area contributed by atoms with Gasteiger partial charge in [0.05, 0.1) is 6.54 Å². The molecule has 0 aromatic heterocycles. The van der Waals surface area contributed by atoms with Gasteiger partial charge in [0.25, 0.3) is 0 Å². The highest BCUT2D eigenvalue weighted by Gasteiger charge is 2.06. The summed E-state index contributed by atoms with van der Waals surface area (Å²) in [4.78, 5) is 4.32. The van der Waals surface area contributed by atoms with Gasteiger partial charge in [-0.15, -0.1) is 0 Å². The second-order valence-electron chi connectivity index (χ2n) is 4.04. The van der Waals surface area contributed by atoms with Crippen LogP contribution >= 0.6 is 11.8 Å². The first-order valence-corrected chi connectivity index (χ1v) is 7.78. The summed E-state index contributed by atoms with van der Waals surface area (Å²) in [6.45, 7) is 5.07. The van der Waals surface area contributed by atoms with Gasteiger partial charge in [0.15, 0.2) is 5.96 Å². The number of anilines is 1. The zero-order valence-electron chi connectivity index (χ0n) is 11.5. The highest BCUT2D eigenvalue weighted by atomic mass is 32.2. The van der Waals surface area contributed by atoms with Crippen molar-refractivity contribution in [2.45, 2.75) is 26.7 Å². The van der Waals surface area contributed by atoms with Crippen LogP contribution in [0.15, 0.2) is 23.2 Å². The van der Waals surface area contributed by atoms with Gasteiger partial charge in [-0.05, 0) is 30.2 Å². The standard InChI is InChI=1S/C14H23N3S/c1-4-11-7-6-8-12(5-2)13(11)17-14(15)16-9-10-18-3/h6-8H,4-5,9-10H2,1-3H3,(H3,15,16,17). The summed E-state index contributed by atoms with van der Waals surface area (Å²) in [5.74, 6) is 1.51. The number of hydrogen-bond acceptors (Lipinski definition) is 2. The lowest BCUT2D eigenvalue weighted by molar-refractivity contribution is 1.08. The van der Waals surface area contributed by atoms with Crippen molar-refractivity contribution >= 4 is 23.4 Å². The van der Waals surface area contributed by atoms with Crippen LogP contribution in [-0.4, -0.2) is 24.5 Å². The molecule has 0 radical (unpaired) electrons. The molecule has 0 spiro atoms. The first kappa shape index (κ1) is 14.9. The van der Waals surface area contributed by atoms with E-state index < -0.39 is 0 Å². The van der Waals surface area contributed by atoms with Crippen LogP contribution in [0, 0.1) is 0 Å². The zero-order valence-corrected chi connectivity index (χ0v) is 12.3. The Morgan fingerprint density at radius 3 is 2.39 bits per heavy atom. The third-order valence-electron chi connectivity index (χ3n) is 2.83. The Labute approximate surface area is 114 Å². The van der Waals surface area contributed by atoms with Gasteiger partial charge in [-0.2, -0.15) is 11.8 Å². The molecule has 1 aromatic carbocycles. The Kier molecular flexibility index (Phi) is 6.65. The van der Waals surface area contributed by atoms with E-state index in [0.717, 1.165) is 30.8 Å². The second kappa shape index (κ2) is 8.03. The Morgan fingerprint density at radius 2 is 1.89 bits per heavy atom. The smallest absolute Gasteiger partial charge is 0.193 e. The molecule has 1 rings (SSSR count). The Hall–Kier alpha value is -1.16. The lowest BCUT2D eigenvalue weighted by atomic mass is 10.0. The SMILES string of the molecule is CCc1cccc(CC)c1NC(N)=NCCSC. The van der Waals surface area contributed by atoms with E-state index >= 15 is 0 Å². The van der Waals surface area contributed by atoms with Gasteiger partial charge in [-0.1, -0.05) is 32.0 Å². The third kappa shape index (κ3) is 4.26. The topological polar surface area (TPSA) is 50.4 Å². The number of nitrogens with two attached hydrogens (primary N) is 1. The van der Waals surface area contributed by atoms with Crippen LogP contribution in [0.5, 0.6) is 0 Å². The molecule has 0 aliphatic carbocycles. The van der Waals surface area contributed by atoms with Crippen LogP contribution in [0.1, 0.15) is 25.0 Å². The molecular formula is C14H23N3S. The Bertz CT molecular complexity index is 380. The molecule has 0 bridgehead atoms. The van der Waals surface area contributed by atoms with E-state index in [1.807, 2.05) is 0 Å². The number of aryl methyl sites for hydroxylation is 2. The highest BCUT2D eigenvalue weighted by Crippen LogP contribution is 2.22. The molecule has 0 unspecified atom stereocenters. The largest absolute Gasteiger partial charge is 0.370 e. The maximum absolute atomic E-state index is 5.92. The fourth-order valence-electron chi connectivity index (χ4n) is 1.83. The van der Waals surface area contributed by atoms with Gasteiger partial charge in [-0.3, -0.25) is 4.99 Å². The van der Waals surface area contributed by atoms with Crippen molar-refractivity contribution < 1.29 is 0 Å². The molecule has 0 saturated heterocycles. The number of thioether (sulfide) groups is 1. The van der Waals surface area contributed by atoms with Crippen molar-refractivity contribution in [3.05, 3.63) is 29.3 Å². The number of benzene rings is 1. The number of rotatable bonds is 6. The number of para-hydroxylation sites is 1. The van der Waals surface area contributed by atoms with E-state index in [4.69, 9.17) is 5.73 Å². The van der Waals surface area contributed by atoms with Gasteiger partial charge in [0, 0.05) is 11.4 Å². The predicted octanol–water partition coefficient (Wildman–Crippen LogP) is 2.90. The van der Waals surface area contributed by atoms with Crippen molar-refractivity contribution in [1.29, 1.82) is 0 Å². The molecule has 3 nitrogen and oxygen atoms in total. The molecule has 0 heterocycles. The first-order chi connectivity index (χ1) is 8.72. The number of aliphatic imine (C=N–C) groups is 1. The van der Waals surface area contributed by atoms with Gasteiger partial charge < -0.3 is 11.1 Å². The van der Waals surface area contributed by atoms with E-state index in [1.54, 1.807) is 11.8 Å². The molecule has 0 aliphatic rings. The van der Waals surface area contributed by atoms with Crippen LogP contribution in [0.25, 0.3) is 0 Å². The van der Waals surface area contributed by atoms with Gasteiger partial charge in [0.2, 0.25) is 0 Å². The van der Waals surface area contributed by atoms with Crippen molar-refractivity contribution in [3.63, 3.8) is 0 Å². The quantitative estimate of drug-likeness (QED) is 0.472. The molecule has 0 atom stereocenters. The summed E-state index contributed by atoms with van der Waals surface area (Å²) in [7, 11) is 0. The lowest BCUT2D eigenvalue weighted by Gasteiger charge is -2.14. The molecule has 4 heteroatoms. The summed E-state index contributed by atoms with van der Waals surface area (Å²) < 4.78 is 0. The third-order valence-corrected chi connectivity index (χ3v) is 3.42. The lowest BCUT2D eigenvalue weighted by Crippen LogP contribution is -2.24. The average Bonchev–Trinajstić information content (AvgIpc) is 2.39. The molecule has 0 aliphatic heterocycles. The highest BCUT2D eigenvalue weighted by molar-refractivity contribution is 7.98. The molecule has 3 N–H and O–H groups in total. The molecule has 18 heavy (non-hydrogen) atoms. The second-order valence-corrected chi connectivity index (χ2v) is 5.03. The minimum absolute atomic E-state index is 0.514. The van der Waals surface area contributed by atoms with E-state index in [9.17, 15) is 0 Å². The van der Waals surface area contributed by atoms with Crippen molar-refractivity contribution in [2.24, 2.45) is 10.7 Å². The predicted molar refractivity (Wildman–Crippen MR) is 83.7 cm³/mol. The minimum atomic E-state index is 0.514. The number of nitrogens with one attached hydrogen (secondary N) is 1. The monoisotopic (exact) mass is 265 g/mol. The van der Waals surface area contributed by atoms with E-state index in [-0.39, 0.29) is 0 Å². The number of guanidine groups is 1. The Morgan fingerprint density at radius 1 is 1.28 bits per heavy atom. The van der Waals surface area contributed by atoms with E-state index in [0.29, 0.717) is 5.96 Å². The van der Waals surface area contributed by atoms with Crippen molar-refractivity contribution in [2.75, 3.05) is 23.9 Å². The molecule has 0 fully saturated rings. The molecule has 0 amide bonds. The molecule has 0 saturated carbocycles. The maximum atomic E-state index is 5.92. The van der Waals surface area contributed by atoms with E-state index in [1.165, 1.54) is 11.1 Å². The fourth-order valence-corrected chi connectivity index (χ4v) is 2.10. The summed E-state index contributed by atoms with van der Waals surface area (Å²) in [5, 5.41) is 3.26. The normalized spacial score (nSPS) is 11.6. The van der Waals surface area contributed by atoms with Crippen molar-refractivity contribution in [1.82, 2.24) is 0 Å². The summed E-state index contributed by atoms with van der Waals surface area (Å²) in [5.41, 5.74) is 9.63. The maximum Gasteiger partial charge on any atom is 0.193 e. The minimum Gasteiger partial charge on any atom is -0.370 e. The molecule has 1 aromatic rings. The van der Waals surface area contributed by atoms with Crippen LogP contribution in [0.4, 0.5) is 5.69 Å². The van der Waals surface area contributed by atoms with Gasteiger partial charge in [-0.25, -0.2) is 0 Å². The van der Waals surface area contributed by atoms with Gasteiger partial charge >= 0.3 is 0 Å². The van der Waals surface area contributed by atoms with Crippen LogP contribution in [0.3, 0.4) is 0 Å². The summed E-state index contributed by atoms with van der Waals surface area (Å²) >= 11 is 1.77. The van der Waals surface area contributed by atoms with Crippen LogP contribution < -0.4 is 11.1 Å². The summed E-state index contributed by atoms with van der Waals surface area (Å²) in [6.07, 6.45) is 4.06. The average molecular weight is 265 g/mol. The zero-order chi connectivity index (χ0) is 13.4. The van der Waals surface area contributed by atoms with Crippen LogP contribution in [-0.2, 0) is 12.8 Å². The van der Waals surface area contributed by atoms with Crippen molar-refractivity contribution in [3.8, 4) is 0 Å². The first-order valence-electron chi connectivity index (χ1n) is 6.39. The number of nitrogens with zero attached hydrogens (tertiary/aromatic N) is 1. The van der Waals surface area contributed by atoms with Crippen LogP contribution in [0.2, 0.25) is 0 Å². The molecular weight excluding hydrogens is 242 g/mol. The number of hydrogen-bond donors (Lipinski definition) is 2.